The Kier molecular flexibility index (Phi) is 6.74. The Hall–Kier alpha value is -2.74. The predicted octanol–water partition coefficient (Wildman–Crippen LogP) is 5.10. The van der Waals surface area contributed by atoms with E-state index in [4.69, 9.17) is 11.6 Å². The van der Waals surface area contributed by atoms with Gasteiger partial charge in [0, 0.05) is 37.4 Å². The fourth-order valence-electron chi connectivity index (χ4n) is 3.50. The maximum atomic E-state index is 12.6. The number of hydrogen-bond donors (Lipinski definition) is 1. The lowest BCUT2D eigenvalue weighted by atomic mass is 9.87. The van der Waals surface area contributed by atoms with E-state index in [1.807, 2.05) is 17.0 Å². The van der Waals surface area contributed by atoms with E-state index in [0.717, 1.165) is 10.5 Å². The molecule has 9 heteroatoms. The van der Waals surface area contributed by atoms with E-state index in [1.54, 1.807) is 30.3 Å². The highest BCUT2D eigenvalue weighted by Crippen LogP contribution is 2.31. The zero-order valence-electron chi connectivity index (χ0n) is 18.1. The molecular formula is C23H25ClF3N3O2. The quantitative estimate of drug-likeness (QED) is 0.683. The van der Waals surface area contributed by atoms with Gasteiger partial charge in [0.15, 0.2) is 0 Å². The van der Waals surface area contributed by atoms with E-state index in [9.17, 15) is 22.8 Å². The first kappa shape index (κ1) is 23.9. The maximum absolute atomic E-state index is 12.6. The highest BCUT2D eigenvalue weighted by molar-refractivity contribution is 6.33. The molecule has 0 atom stereocenters. The molecule has 0 aromatic heterocycles. The Morgan fingerprint density at radius 2 is 1.53 bits per heavy atom. The molecule has 0 aliphatic carbocycles. The van der Waals surface area contributed by atoms with Crippen LogP contribution in [0.5, 0.6) is 0 Å². The number of piperazine rings is 1. The Bertz CT molecular complexity index is 993. The first-order chi connectivity index (χ1) is 14.9. The van der Waals surface area contributed by atoms with E-state index >= 15 is 0 Å². The van der Waals surface area contributed by atoms with Crippen molar-refractivity contribution >= 4 is 34.8 Å². The van der Waals surface area contributed by atoms with Crippen LogP contribution in [-0.4, -0.2) is 49.1 Å². The smallest absolute Gasteiger partial charge is 0.367 e. The van der Waals surface area contributed by atoms with Crippen LogP contribution in [0.4, 0.5) is 24.5 Å². The molecule has 1 aliphatic rings. The largest absolute Gasteiger partial charge is 0.471 e. The second kappa shape index (κ2) is 9.02. The molecule has 2 aromatic rings. The van der Waals surface area contributed by atoms with Crippen molar-refractivity contribution in [2.45, 2.75) is 32.4 Å². The molecule has 2 amide bonds. The molecule has 0 spiro atoms. The van der Waals surface area contributed by atoms with Crippen LogP contribution in [0.15, 0.2) is 42.5 Å². The Labute approximate surface area is 190 Å². The van der Waals surface area contributed by atoms with Crippen molar-refractivity contribution in [1.82, 2.24) is 4.90 Å². The number of carbonyl (C=O) groups excluding carboxylic acids is 2. The van der Waals surface area contributed by atoms with Crippen molar-refractivity contribution < 1.29 is 22.8 Å². The van der Waals surface area contributed by atoms with E-state index in [0.29, 0.717) is 22.0 Å². The molecule has 0 saturated carbocycles. The van der Waals surface area contributed by atoms with Gasteiger partial charge in [0.05, 0.1) is 10.7 Å². The number of rotatable bonds is 3. The lowest BCUT2D eigenvalue weighted by Gasteiger charge is -2.36. The third-order valence-corrected chi connectivity index (χ3v) is 5.67. The molecule has 172 valence electrons. The van der Waals surface area contributed by atoms with E-state index < -0.39 is 12.1 Å². The van der Waals surface area contributed by atoms with Gasteiger partial charge in [0.1, 0.15) is 0 Å². The minimum Gasteiger partial charge on any atom is -0.367 e. The monoisotopic (exact) mass is 467 g/mol. The number of benzene rings is 2. The third-order valence-electron chi connectivity index (χ3n) is 5.37. The predicted molar refractivity (Wildman–Crippen MR) is 119 cm³/mol. The number of hydrogen-bond acceptors (Lipinski definition) is 3. The molecule has 1 heterocycles. The molecule has 5 nitrogen and oxygen atoms in total. The van der Waals surface area contributed by atoms with Crippen molar-refractivity contribution in [3.63, 3.8) is 0 Å². The minimum absolute atomic E-state index is 0.0100. The van der Waals surface area contributed by atoms with Gasteiger partial charge in [-0.15, -0.1) is 0 Å². The molecule has 32 heavy (non-hydrogen) atoms. The second-order valence-electron chi connectivity index (χ2n) is 8.72. The van der Waals surface area contributed by atoms with E-state index in [1.165, 1.54) is 0 Å². The molecular weight excluding hydrogens is 443 g/mol. The summed E-state index contributed by atoms with van der Waals surface area (Å²) in [6, 6.07) is 12.4. The SMILES string of the molecule is CC(C)(C)c1ccc(C(=O)Nc2ccc(N3CCN(C(=O)C(F)(F)F)CC3)c(Cl)c2)cc1. The van der Waals surface area contributed by atoms with Gasteiger partial charge < -0.3 is 15.1 Å². The van der Waals surface area contributed by atoms with Gasteiger partial charge in [-0.3, -0.25) is 9.59 Å². The normalized spacial score (nSPS) is 15.0. The van der Waals surface area contributed by atoms with Gasteiger partial charge in [-0.05, 0) is 41.3 Å². The average Bonchev–Trinajstić information content (AvgIpc) is 2.72. The number of amides is 2. The summed E-state index contributed by atoms with van der Waals surface area (Å²) < 4.78 is 37.8. The molecule has 1 N–H and O–H groups in total. The topological polar surface area (TPSA) is 52.7 Å². The first-order valence-electron chi connectivity index (χ1n) is 10.2. The Morgan fingerprint density at radius 3 is 2.03 bits per heavy atom. The molecule has 2 aromatic carbocycles. The summed E-state index contributed by atoms with van der Waals surface area (Å²) in [4.78, 5) is 26.6. The highest BCUT2D eigenvalue weighted by atomic mass is 35.5. The number of nitrogens with zero attached hydrogens (tertiary/aromatic N) is 2. The fraction of sp³-hybridized carbons (Fsp3) is 0.391. The van der Waals surface area contributed by atoms with Crippen molar-refractivity contribution in [2.75, 3.05) is 36.4 Å². The van der Waals surface area contributed by atoms with Crippen LogP contribution in [0.2, 0.25) is 5.02 Å². The summed E-state index contributed by atoms with van der Waals surface area (Å²) in [6.45, 7) is 6.66. The minimum atomic E-state index is -4.87. The molecule has 1 aliphatic heterocycles. The van der Waals surface area contributed by atoms with Gasteiger partial charge in [-0.1, -0.05) is 44.5 Å². The fourth-order valence-corrected chi connectivity index (χ4v) is 3.80. The van der Waals surface area contributed by atoms with Crippen LogP contribution in [0.1, 0.15) is 36.7 Å². The number of nitrogens with one attached hydrogen (secondary N) is 1. The van der Waals surface area contributed by atoms with Gasteiger partial charge >= 0.3 is 12.1 Å². The summed E-state index contributed by atoms with van der Waals surface area (Å²) in [5.41, 5.74) is 2.78. The second-order valence-corrected chi connectivity index (χ2v) is 9.13. The van der Waals surface area contributed by atoms with Crippen LogP contribution in [0.3, 0.4) is 0 Å². The van der Waals surface area contributed by atoms with Crippen LogP contribution in [0, 0.1) is 0 Å². The lowest BCUT2D eigenvalue weighted by molar-refractivity contribution is -0.185. The summed E-state index contributed by atoms with van der Waals surface area (Å²) in [5.74, 6) is -2.09. The summed E-state index contributed by atoms with van der Waals surface area (Å²) in [6.07, 6.45) is -4.87. The van der Waals surface area contributed by atoms with Crippen LogP contribution in [-0.2, 0) is 10.2 Å². The van der Waals surface area contributed by atoms with Crippen molar-refractivity contribution in [2.24, 2.45) is 0 Å². The average molecular weight is 468 g/mol. The van der Waals surface area contributed by atoms with Gasteiger partial charge in [-0.2, -0.15) is 13.2 Å². The van der Waals surface area contributed by atoms with Gasteiger partial charge in [0.2, 0.25) is 0 Å². The van der Waals surface area contributed by atoms with Crippen LogP contribution < -0.4 is 10.2 Å². The zero-order valence-corrected chi connectivity index (χ0v) is 18.8. The third kappa shape index (κ3) is 5.54. The van der Waals surface area contributed by atoms with Crippen molar-refractivity contribution in [1.29, 1.82) is 0 Å². The number of alkyl halides is 3. The molecule has 0 unspecified atom stereocenters. The Balaban J connectivity index is 1.63. The van der Waals surface area contributed by atoms with Gasteiger partial charge in [-0.25, -0.2) is 0 Å². The van der Waals surface area contributed by atoms with Crippen LogP contribution >= 0.6 is 11.6 Å². The van der Waals surface area contributed by atoms with Crippen LogP contribution in [0.25, 0.3) is 0 Å². The summed E-state index contributed by atoms with van der Waals surface area (Å²) in [5, 5.41) is 3.17. The molecule has 3 rings (SSSR count). The van der Waals surface area contributed by atoms with E-state index in [2.05, 4.69) is 26.1 Å². The highest BCUT2D eigenvalue weighted by Gasteiger charge is 2.43. The Morgan fingerprint density at radius 1 is 0.938 bits per heavy atom. The molecule has 0 radical (unpaired) electrons. The number of halogens is 4. The standard InChI is InChI=1S/C23H25ClF3N3O2/c1-22(2,3)16-6-4-15(5-7-16)20(31)28-17-8-9-19(18(24)14-17)29-10-12-30(13-11-29)21(32)23(25,26)27/h4-9,14H,10-13H2,1-3H3,(H,28,31). The van der Waals surface area contributed by atoms with Crippen molar-refractivity contribution in [3.8, 4) is 0 Å². The van der Waals surface area contributed by atoms with Crippen molar-refractivity contribution in [3.05, 3.63) is 58.6 Å². The number of anilines is 2. The number of carbonyl (C=O) groups is 2. The lowest BCUT2D eigenvalue weighted by Crippen LogP contribution is -2.52. The first-order valence-corrected chi connectivity index (χ1v) is 10.6. The van der Waals surface area contributed by atoms with Gasteiger partial charge in [0.25, 0.3) is 5.91 Å². The maximum Gasteiger partial charge on any atom is 0.471 e. The zero-order chi connectivity index (χ0) is 23.7. The molecule has 0 bridgehead atoms. The molecule has 1 fully saturated rings. The van der Waals surface area contributed by atoms with E-state index in [-0.39, 0.29) is 37.5 Å². The summed E-state index contributed by atoms with van der Waals surface area (Å²) >= 11 is 6.38. The molecule has 1 saturated heterocycles. The summed E-state index contributed by atoms with van der Waals surface area (Å²) in [7, 11) is 0.